The Labute approximate surface area is 169 Å². The van der Waals surface area contributed by atoms with Crippen molar-refractivity contribution in [2.24, 2.45) is 4.99 Å². The van der Waals surface area contributed by atoms with Crippen molar-refractivity contribution in [2.75, 3.05) is 4.90 Å². The van der Waals surface area contributed by atoms with E-state index in [-0.39, 0.29) is 27.3 Å². The molecule has 2 aromatic carbocycles. The molecule has 2 amide bonds. The first-order valence-electron chi connectivity index (χ1n) is 7.77. The maximum atomic E-state index is 12.8. The zero-order valence-corrected chi connectivity index (χ0v) is 16.1. The van der Waals surface area contributed by atoms with E-state index >= 15 is 0 Å². The van der Waals surface area contributed by atoms with Crippen molar-refractivity contribution in [3.63, 3.8) is 0 Å². The van der Waals surface area contributed by atoms with Gasteiger partial charge in [-0.05, 0) is 24.3 Å². The van der Waals surface area contributed by atoms with Gasteiger partial charge in [0.05, 0.1) is 21.4 Å². The van der Waals surface area contributed by atoms with Crippen LogP contribution in [0, 0.1) is 11.5 Å². The number of amidine groups is 1. The molecule has 1 N–H and O–H groups in total. The molecular weight excluding hydrogens is 407 g/mol. The number of hydrogen-bond acceptors (Lipinski definition) is 5. The summed E-state index contributed by atoms with van der Waals surface area (Å²) in [4.78, 5) is 30.6. The number of aliphatic imine (C=N–C) groups is 1. The summed E-state index contributed by atoms with van der Waals surface area (Å²) in [5.41, 5.74) is 0.791. The summed E-state index contributed by atoms with van der Waals surface area (Å²) in [7, 11) is 0. The van der Waals surface area contributed by atoms with Gasteiger partial charge in [0, 0.05) is 6.42 Å². The van der Waals surface area contributed by atoms with Gasteiger partial charge >= 0.3 is 0 Å². The zero-order chi connectivity index (χ0) is 19.4. The lowest BCUT2D eigenvalue weighted by Gasteiger charge is -2.17. The lowest BCUT2D eigenvalue weighted by Crippen LogP contribution is -2.32. The minimum atomic E-state index is -0.742. The fourth-order valence-corrected chi connectivity index (χ4v) is 4.05. The summed E-state index contributed by atoms with van der Waals surface area (Å²) in [5, 5.41) is 11.3. The van der Waals surface area contributed by atoms with E-state index in [0.717, 1.165) is 16.7 Å². The van der Waals surface area contributed by atoms with Crippen LogP contribution in [0.15, 0.2) is 53.5 Å². The molecule has 3 rings (SSSR count). The second-order valence-corrected chi connectivity index (χ2v) is 7.44. The van der Waals surface area contributed by atoms with Crippen molar-refractivity contribution in [2.45, 2.75) is 11.7 Å². The number of rotatable bonds is 3. The van der Waals surface area contributed by atoms with Crippen molar-refractivity contribution in [3.8, 4) is 6.19 Å². The first kappa shape index (κ1) is 19.2. The molecule has 0 spiro atoms. The van der Waals surface area contributed by atoms with E-state index in [2.05, 4.69) is 10.3 Å². The average Bonchev–Trinajstić information content (AvgIpc) is 2.90. The van der Waals surface area contributed by atoms with Crippen molar-refractivity contribution in [1.29, 1.82) is 5.26 Å². The maximum Gasteiger partial charge on any atom is 0.247 e. The SMILES string of the molecule is N#CNC(=Nc1ccccc1)S[C@H]1CC(=O)N(c2c(Cl)cccc2Cl)C1=O. The number of nitrogens with one attached hydrogen (secondary N) is 1. The van der Waals surface area contributed by atoms with Gasteiger partial charge in [-0.1, -0.05) is 59.2 Å². The molecule has 136 valence electrons. The Balaban J connectivity index is 1.86. The summed E-state index contributed by atoms with van der Waals surface area (Å²) in [6, 6.07) is 13.7. The molecule has 2 aromatic rings. The average molecular weight is 419 g/mol. The van der Waals surface area contributed by atoms with E-state index in [4.69, 9.17) is 28.5 Å². The molecule has 1 saturated heterocycles. The van der Waals surface area contributed by atoms with Gasteiger partial charge in [0.15, 0.2) is 11.4 Å². The summed E-state index contributed by atoms with van der Waals surface area (Å²) in [6.45, 7) is 0. The molecule has 1 aliphatic rings. The van der Waals surface area contributed by atoms with Crippen LogP contribution in [0.5, 0.6) is 0 Å². The molecule has 6 nitrogen and oxygen atoms in total. The monoisotopic (exact) mass is 418 g/mol. The molecule has 1 heterocycles. The van der Waals surface area contributed by atoms with Crippen LogP contribution in [0.1, 0.15) is 6.42 Å². The number of para-hydroxylation sites is 2. The molecule has 0 aliphatic carbocycles. The Morgan fingerprint density at radius 3 is 2.44 bits per heavy atom. The van der Waals surface area contributed by atoms with E-state index in [0.29, 0.717) is 5.69 Å². The van der Waals surface area contributed by atoms with Gasteiger partial charge in [-0.25, -0.2) is 9.89 Å². The summed E-state index contributed by atoms with van der Waals surface area (Å²) < 4.78 is 0. The first-order valence-corrected chi connectivity index (χ1v) is 9.41. The largest absolute Gasteiger partial charge is 0.274 e. The van der Waals surface area contributed by atoms with Crippen LogP contribution in [0.3, 0.4) is 0 Å². The highest BCUT2D eigenvalue weighted by atomic mass is 35.5. The van der Waals surface area contributed by atoms with Crippen LogP contribution < -0.4 is 10.2 Å². The number of imide groups is 1. The highest BCUT2D eigenvalue weighted by molar-refractivity contribution is 8.15. The van der Waals surface area contributed by atoms with Crippen LogP contribution in [-0.2, 0) is 9.59 Å². The Morgan fingerprint density at radius 2 is 1.81 bits per heavy atom. The van der Waals surface area contributed by atoms with Crippen LogP contribution in [0.25, 0.3) is 0 Å². The quantitative estimate of drug-likeness (QED) is 0.266. The first-order chi connectivity index (χ1) is 13.0. The molecule has 1 atom stereocenters. The molecule has 1 fully saturated rings. The summed E-state index contributed by atoms with van der Waals surface area (Å²) >= 11 is 13.3. The van der Waals surface area contributed by atoms with Gasteiger partial charge in [0.1, 0.15) is 5.25 Å². The Kier molecular flexibility index (Phi) is 6.01. The van der Waals surface area contributed by atoms with Gasteiger partial charge in [-0.3, -0.25) is 14.9 Å². The second kappa shape index (κ2) is 8.44. The van der Waals surface area contributed by atoms with Gasteiger partial charge in [-0.2, -0.15) is 5.26 Å². The minimum absolute atomic E-state index is 0.0496. The molecule has 9 heteroatoms. The Bertz CT molecular complexity index is 939. The van der Waals surface area contributed by atoms with Crippen LogP contribution in [0.4, 0.5) is 11.4 Å². The Hall–Kier alpha value is -2.53. The minimum Gasteiger partial charge on any atom is -0.274 e. The van der Waals surface area contributed by atoms with Gasteiger partial charge in [0.2, 0.25) is 11.8 Å². The highest BCUT2D eigenvalue weighted by Gasteiger charge is 2.42. The molecule has 0 aromatic heterocycles. The van der Waals surface area contributed by atoms with Crippen molar-refractivity contribution in [1.82, 2.24) is 5.32 Å². The van der Waals surface area contributed by atoms with Crippen molar-refractivity contribution < 1.29 is 9.59 Å². The predicted molar refractivity (Wildman–Crippen MR) is 107 cm³/mol. The lowest BCUT2D eigenvalue weighted by molar-refractivity contribution is -0.121. The molecular formula is C18H12Cl2N4O2S. The number of thioether (sulfide) groups is 1. The fourth-order valence-electron chi connectivity index (χ4n) is 2.52. The standard InChI is InChI=1S/C18H12Cl2N4O2S/c19-12-7-4-8-13(20)16(12)24-15(25)9-14(17(24)26)27-18(22-10-21)23-11-5-2-1-3-6-11/h1-8,14H,9H2,(H,22,23)/t14-/m0/s1. The zero-order valence-electron chi connectivity index (χ0n) is 13.7. The van der Waals surface area contributed by atoms with Crippen molar-refractivity contribution in [3.05, 3.63) is 58.6 Å². The van der Waals surface area contributed by atoms with Crippen LogP contribution in [-0.4, -0.2) is 22.2 Å². The number of hydrogen-bond donors (Lipinski definition) is 1. The molecule has 0 bridgehead atoms. The number of amides is 2. The second-order valence-electron chi connectivity index (χ2n) is 5.44. The molecule has 0 unspecified atom stereocenters. The number of carbonyl (C=O) groups is 2. The number of anilines is 1. The molecule has 27 heavy (non-hydrogen) atoms. The van der Waals surface area contributed by atoms with E-state index < -0.39 is 17.1 Å². The summed E-state index contributed by atoms with van der Waals surface area (Å²) in [6.07, 6.45) is 1.75. The molecule has 1 aliphatic heterocycles. The predicted octanol–water partition coefficient (Wildman–Crippen LogP) is 4.12. The number of carbonyl (C=O) groups excluding carboxylic acids is 2. The van der Waals surface area contributed by atoms with E-state index in [9.17, 15) is 9.59 Å². The van der Waals surface area contributed by atoms with Gasteiger partial charge in [0.25, 0.3) is 0 Å². The Morgan fingerprint density at radius 1 is 1.15 bits per heavy atom. The van der Waals surface area contributed by atoms with Crippen LogP contribution >= 0.6 is 35.0 Å². The van der Waals surface area contributed by atoms with E-state index in [1.54, 1.807) is 48.7 Å². The lowest BCUT2D eigenvalue weighted by atomic mass is 10.3. The highest BCUT2D eigenvalue weighted by Crippen LogP contribution is 2.38. The maximum absolute atomic E-state index is 12.8. The number of nitrogens with zero attached hydrogens (tertiary/aromatic N) is 3. The number of benzene rings is 2. The smallest absolute Gasteiger partial charge is 0.247 e. The van der Waals surface area contributed by atoms with Gasteiger partial charge in [-0.15, -0.1) is 0 Å². The third-order valence-electron chi connectivity index (χ3n) is 3.67. The number of nitriles is 1. The molecule has 0 saturated carbocycles. The van der Waals surface area contributed by atoms with Crippen LogP contribution in [0.2, 0.25) is 10.0 Å². The van der Waals surface area contributed by atoms with E-state index in [1.807, 2.05) is 6.07 Å². The van der Waals surface area contributed by atoms with E-state index in [1.165, 1.54) is 0 Å². The molecule has 0 radical (unpaired) electrons. The topological polar surface area (TPSA) is 85.6 Å². The summed E-state index contributed by atoms with van der Waals surface area (Å²) in [5.74, 6) is -0.871. The number of halogens is 2. The third kappa shape index (κ3) is 4.25. The van der Waals surface area contributed by atoms with Crippen molar-refractivity contribution >= 4 is 63.3 Å². The fraction of sp³-hybridized carbons (Fsp3) is 0.111. The third-order valence-corrected chi connectivity index (χ3v) is 5.35. The van der Waals surface area contributed by atoms with Gasteiger partial charge < -0.3 is 0 Å². The normalized spacial score (nSPS) is 17.1.